The average Bonchev–Trinajstić information content (AvgIpc) is 2.39. The van der Waals surface area contributed by atoms with E-state index in [4.69, 9.17) is 46.4 Å². The molecular formula is C13H8Cl4N2O. The largest absolute Gasteiger partial charge is 0.323 e. The Morgan fingerprint density at radius 3 is 2.30 bits per heavy atom. The number of amides is 2. The van der Waals surface area contributed by atoms with E-state index in [9.17, 15) is 4.79 Å². The Morgan fingerprint density at radius 1 is 0.850 bits per heavy atom. The van der Waals surface area contributed by atoms with Crippen LogP contribution in [-0.2, 0) is 0 Å². The molecule has 104 valence electrons. The van der Waals surface area contributed by atoms with Crippen molar-refractivity contribution in [2.75, 3.05) is 10.6 Å². The number of hydrogen-bond acceptors (Lipinski definition) is 1. The van der Waals surface area contributed by atoms with Crippen LogP contribution >= 0.6 is 46.4 Å². The van der Waals surface area contributed by atoms with Crippen molar-refractivity contribution in [3.63, 3.8) is 0 Å². The summed E-state index contributed by atoms with van der Waals surface area (Å²) in [6, 6.07) is 9.19. The molecule has 2 amide bonds. The fourth-order valence-corrected chi connectivity index (χ4v) is 2.15. The zero-order valence-corrected chi connectivity index (χ0v) is 12.9. The highest BCUT2D eigenvalue weighted by molar-refractivity contribution is 6.44. The first-order valence-electron chi connectivity index (χ1n) is 5.44. The van der Waals surface area contributed by atoms with Gasteiger partial charge in [0.25, 0.3) is 0 Å². The summed E-state index contributed by atoms with van der Waals surface area (Å²) in [5.41, 5.74) is 0.796. The van der Waals surface area contributed by atoms with Crippen LogP contribution in [0.15, 0.2) is 36.4 Å². The van der Waals surface area contributed by atoms with Crippen LogP contribution in [0.5, 0.6) is 0 Å². The van der Waals surface area contributed by atoms with Crippen LogP contribution in [0, 0.1) is 0 Å². The number of benzene rings is 2. The van der Waals surface area contributed by atoms with Gasteiger partial charge in [0.15, 0.2) is 0 Å². The predicted octanol–water partition coefficient (Wildman–Crippen LogP) is 5.94. The van der Waals surface area contributed by atoms with E-state index in [0.29, 0.717) is 26.4 Å². The van der Waals surface area contributed by atoms with Crippen LogP contribution < -0.4 is 10.6 Å². The molecule has 0 aliphatic rings. The standard InChI is InChI=1S/C13H8Cl4N2O/c14-7-4-5-8(15)11(6-7)19-13(20)18-10-3-1-2-9(16)12(10)17/h1-6H,(H2,18,19,20). The Balaban J connectivity index is 2.13. The lowest BCUT2D eigenvalue weighted by atomic mass is 10.3. The third kappa shape index (κ3) is 3.70. The second-order valence-electron chi connectivity index (χ2n) is 3.80. The third-order valence-corrected chi connectivity index (χ3v) is 3.76. The van der Waals surface area contributed by atoms with E-state index < -0.39 is 6.03 Å². The van der Waals surface area contributed by atoms with E-state index in [0.717, 1.165) is 0 Å². The summed E-state index contributed by atoms with van der Waals surface area (Å²) in [5, 5.41) is 6.61. The number of nitrogens with one attached hydrogen (secondary N) is 2. The number of urea groups is 1. The molecule has 3 nitrogen and oxygen atoms in total. The van der Waals surface area contributed by atoms with Crippen molar-refractivity contribution in [3.05, 3.63) is 56.5 Å². The summed E-state index contributed by atoms with van der Waals surface area (Å²) in [7, 11) is 0. The van der Waals surface area contributed by atoms with Gasteiger partial charge in [-0.1, -0.05) is 52.5 Å². The van der Waals surface area contributed by atoms with E-state index in [-0.39, 0.29) is 5.02 Å². The maximum atomic E-state index is 11.9. The summed E-state index contributed by atoms with van der Waals surface area (Å²) in [6.07, 6.45) is 0. The number of hydrogen-bond donors (Lipinski definition) is 2. The Morgan fingerprint density at radius 2 is 1.55 bits per heavy atom. The molecule has 0 aliphatic carbocycles. The first-order valence-corrected chi connectivity index (χ1v) is 6.95. The zero-order chi connectivity index (χ0) is 14.7. The molecular weight excluding hydrogens is 342 g/mol. The molecule has 20 heavy (non-hydrogen) atoms. The molecule has 0 saturated heterocycles. The van der Waals surface area contributed by atoms with Gasteiger partial charge in [0.1, 0.15) is 0 Å². The number of carbonyl (C=O) groups is 1. The van der Waals surface area contributed by atoms with Crippen molar-refractivity contribution >= 4 is 63.8 Å². The zero-order valence-electron chi connectivity index (χ0n) is 9.88. The quantitative estimate of drug-likeness (QED) is 0.691. The van der Waals surface area contributed by atoms with Gasteiger partial charge in [-0.15, -0.1) is 0 Å². The van der Waals surface area contributed by atoms with Crippen molar-refractivity contribution in [1.29, 1.82) is 0 Å². The van der Waals surface area contributed by atoms with Gasteiger partial charge in [-0.2, -0.15) is 0 Å². The first kappa shape index (κ1) is 15.3. The van der Waals surface area contributed by atoms with E-state index >= 15 is 0 Å². The van der Waals surface area contributed by atoms with Crippen LogP contribution in [0.1, 0.15) is 0 Å². The molecule has 0 atom stereocenters. The van der Waals surface area contributed by atoms with Gasteiger partial charge in [0, 0.05) is 5.02 Å². The van der Waals surface area contributed by atoms with Gasteiger partial charge < -0.3 is 10.6 Å². The SMILES string of the molecule is O=C(Nc1cc(Cl)ccc1Cl)Nc1cccc(Cl)c1Cl. The fourth-order valence-electron chi connectivity index (χ4n) is 1.47. The Labute approximate surface area is 135 Å². The molecule has 7 heteroatoms. The summed E-state index contributed by atoms with van der Waals surface area (Å²) in [5.74, 6) is 0. The molecule has 2 N–H and O–H groups in total. The van der Waals surface area contributed by atoms with Crippen molar-refractivity contribution in [2.45, 2.75) is 0 Å². The lowest BCUT2D eigenvalue weighted by Crippen LogP contribution is -2.19. The van der Waals surface area contributed by atoms with Crippen molar-refractivity contribution < 1.29 is 4.79 Å². The predicted molar refractivity (Wildman–Crippen MR) is 85.6 cm³/mol. The van der Waals surface area contributed by atoms with Gasteiger partial charge in [-0.05, 0) is 30.3 Å². The van der Waals surface area contributed by atoms with E-state index in [1.807, 2.05) is 0 Å². The van der Waals surface area contributed by atoms with Crippen molar-refractivity contribution in [1.82, 2.24) is 0 Å². The lowest BCUT2D eigenvalue weighted by molar-refractivity contribution is 0.262. The smallest absolute Gasteiger partial charge is 0.306 e. The second kappa shape index (κ2) is 6.55. The highest BCUT2D eigenvalue weighted by Crippen LogP contribution is 2.30. The molecule has 0 saturated carbocycles. The Bertz CT molecular complexity index is 655. The summed E-state index contributed by atoms with van der Waals surface area (Å²) in [6.45, 7) is 0. The Kier molecular flexibility index (Phi) is 5.00. The highest BCUT2D eigenvalue weighted by Gasteiger charge is 2.10. The molecule has 2 rings (SSSR count). The maximum absolute atomic E-state index is 11.9. The minimum absolute atomic E-state index is 0.265. The van der Waals surface area contributed by atoms with Gasteiger partial charge in [-0.3, -0.25) is 0 Å². The van der Waals surface area contributed by atoms with E-state index in [1.54, 1.807) is 36.4 Å². The third-order valence-electron chi connectivity index (χ3n) is 2.38. The van der Waals surface area contributed by atoms with Gasteiger partial charge in [0.05, 0.1) is 26.4 Å². The molecule has 0 unspecified atom stereocenters. The molecule has 0 bridgehead atoms. The van der Waals surface area contributed by atoms with E-state index in [2.05, 4.69) is 10.6 Å². The maximum Gasteiger partial charge on any atom is 0.323 e. The molecule has 2 aromatic rings. The fraction of sp³-hybridized carbons (Fsp3) is 0. The van der Waals surface area contributed by atoms with E-state index in [1.165, 1.54) is 0 Å². The second-order valence-corrected chi connectivity index (χ2v) is 5.43. The van der Waals surface area contributed by atoms with Crippen LogP contribution in [0.4, 0.5) is 16.2 Å². The van der Waals surface area contributed by atoms with Crippen LogP contribution in [0.3, 0.4) is 0 Å². The summed E-state index contributed by atoms with van der Waals surface area (Å²) >= 11 is 23.6. The van der Waals surface area contributed by atoms with Crippen molar-refractivity contribution in [2.24, 2.45) is 0 Å². The number of rotatable bonds is 2. The lowest BCUT2D eigenvalue weighted by Gasteiger charge is -2.11. The van der Waals surface area contributed by atoms with Crippen LogP contribution in [0.2, 0.25) is 20.1 Å². The molecule has 2 aromatic carbocycles. The number of halogens is 4. The monoisotopic (exact) mass is 348 g/mol. The van der Waals surface area contributed by atoms with Gasteiger partial charge in [0.2, 0.25) is 0 Å². The molecule has 0 aromatic heterocycles. The van der Waals surface area contributed by atoms with Crippen LogP contribution in [-0.4, -0.2) is 6.03 Å². The molecule has 0 fully saturated rings. The summed E-state index contributed by atoms with van der Waals surface area (Å²) in [4.78, 5) is 11.9. The highest BCUT2D eigenvalue weighted by atomic mass is 35.5. The van der Waals surface area contributed by atoms with Gasteiger partial charge in [-0.25, -0.2) is 4.79 Å². The molecule has 0 heterocycles. The minimum atomic E-state index is -0.502. The molecule has 0 radical (unpaired) electrons. The normalized spacial score (nSPS) is 10.2. The van der Waals surface area contributed by atoms with Crippen LogP contribution in [0.25, 0.3) is 0 Å². The summed E-state index contributed by atoms with van der Waals surface area (Å²) < 4.78 is 0. The first-order chi connectivity index (χ1) is 9.47. The van der Waals surface area contributed by atoms with Gasteiger partial charge >= 0.3 is 6.03 Å². The topological polar surface area (TPSA) is 41.1 Å². The number of anilines is 2. The average molecular weight is 350 g/mol. The minimum Gasteiger partial charge on any atom is -0.306 e. The van der Waals surface area contributed by atoms with Crippen molar-refractivity contribution in [3.8, 4) is 0 Å². The molecule has 0 spiro atoms. The number of carbonyl (C=O) groups excluding carboxylic acids is 1. The molecule has 0 aliphatic heterocycles. The Hall–Kier alpha value is -1.13.